The molecule has 0 unspecified atom stereocenters. The summed E-state index contributed by atoms with van der Waals surface area (Å²) in [6, 6.07) is 5.28. The van der Waals surface area contributed by atoms with Crippen LogP contribution in [0, 0.1) is 0 Å². The summed E-state index contributed by atoms with van der Waals surface area (Å²) in [5.41, 5.74) is 0.802. The first kappa shape index (κ1) is 12.2. The second kappa shape index (κ2) is 4.95. The highest BCUT2D eigenvalue weighted by Gasteiger charge is 2.17. The number of carboxylic acid groups (broad SMARTS) is 1. The third-order valence-corrected chi connectivity index (χ3v) is 2.58. The van der Waals surface area contributed by atoms with Crippen LogP contribution in [0.2, 0.25) is 0 Å². The number of carboxylic acids is 1. The molecule has 0 fully saturated rings. The number of hydrogen-bond donors (Lipinski definition) is 1. The summed E-state index contributed by atoms with van der Waals surface area (Å²) in [5, 5.41) is 8.73. The van der Waals surface area contributed by atoms with Crippen molar-refractivity contribution in [1.82, 2.24) is 4.90 Å². The van der Waals surface area contributed by atoms with Gasteiger partial charge in [0.25, 0.3) is 0 Å². The molecule has 0 aliphatic carbocycles. The van der Waals surface area contributed by atoms with Crippen LogP contribution in [0.4, 0.5) is 0 Å². The van der Waals surface area contributed by atoms with Crippen LogP contribution in [0.25, 0.3) is 0 Å². The van der Waals surface area contributed by atoms with Gasteiger partial charge in [-0.15, -0.1) is 0 Å². The van der Waals surface area contributed by atoms with Crippen molar-refractivity contribution < 1.29 is 24.2 Å². The van der Waals surface area contributed by atoms with Crippen molar-refractivity contribution in [2.45, 2.75) is 13.5 Å². The van der Waals surface area contributed by atoms with E-state index in [2.05, 4.69) is 0 Å². The van der Waals surface area contributed by atoms with Gasteiger partial charge in [0.05, 0.1) is 0 Å². The number of aliphatic carboxylic acids is 1. The summed E-state index contributed by atoms with van der Waals surface area (Å²) in [7, 11) is 0. The molecule has 0 aromatic heterocycles. The first-order valence-electron chi connectivity index (χ1n) is 5.42. The Labute approximate surface area is 104 Å². The molecule has 1 aromatic carbocycles. The number of nitrogens with zero attached hydrogens (tertiary/aromatic N) is 1. The minimum Gasteiger partial charge on any atom is -0.480 e. The summed E-state index contributed by atoms with van der Waals surface area (Å²) in [6.45, 7) is 1.45. The topological polar surface area (TPSA) is 76.1 Å². The Morgan fingerprint density at radius 1 is 1.33 bits per heavy atom. The van der Waals surface area contributed by atoms with Crippen molar-refractivity contribution in [3.63, 3.8) is 0 Å². The average Bonchev–Trinajstić information content (AvgIpc) is 2.74. The van der Waals surface area contributed by atoms with Gasteiger partial charge in [0.2, 0.25) is 12.7 Å². The van der Waals surface area contributed by atoms with Crippen LogP contribution in [0.15, 0.2) is 18.2 Å². The lowest BCUT2D eigenvalue weighted by molar-refractivity contribution is -0.144. The molecule has 6 nitrogen and oxygen atoms in total. The van der Waals surface area contributed by atoms with Crippen LogP contribution < -0.4 is 9.47 Å². The van der Waals surface area contributed by atoms with Gasteiger partial charge in [0, 0.05) is 13.5 Å². The number of fused-ring (bicyclic) bond motifs is 1. The molecular weight excluding hydrogens is 238 g/mol. The van der Waals surface area contributed by atoms with E-state index in [4.69, 9.17) is 14.6 Å². The van der Waals surface area contributed by atoms with Gasteiger partial charge in [-0.2, -0.15) is 0 Å². The minimum atomic E-state index is -1.04. The van der Waals surface area contributed by atoms with Gasteiger partial charge in [-0.1, -0.05) is 6.07 Å². The van der Waals surface area contributed by atoms with E-state index < -0.39 is 5.97 Å². The lowest BCUT2D eigenvalue weighted by Gasteiger charge is -2.18. The molecule has 0 radical (unpaired) electrons. The highest BCUT2D eigenvalue weighted by atomic mass is 16.7. The van der Waals surface area contributed by atoms with E-state index in [9.17, 15) is 9.59 Å². The van der Waals surface area contributed by atoms with Crippen LogP contribution in [0.5, 0.6) is 11.5 Å². The molecule has 0 atom stereocenters. The third kappa shape index (κ3) is 2.71. The summed E-state index contributed by atoms with van der Waals surface area (Å²) >= 11 is 0. The van der Waals surface area contributed by atoms with E-state index >= 15 is 0 Å². The highest BCUT2D eigenvalue weighted by Crippen LogP contribution is 2.32. The van der Waals surface area contributed by atoms with Crippen molar-refractivity contribution >= 4 is 11.9 Å². The van der Waals surface area contributed by atoms with E-state index in [-0.39, 0.29) is 25.8 Å². The van der Waals surface area contributed by atoms with Crippen molar-refractivity contribution in [2.24, 2.45) is 0 Å². The van der Waals surface area contributed by atoms with Crippen LogP contribution >= 0.6 is 0 Å². The highest BCUT2D eigenvalue weighted by molar-refractivity contribution is 5.79. The largest absolute Gasteiger partial charge is 0.480 e. The maximum atomic E-state index is 11.3. The van der Waals surface area contributed by atoms with Gasteiger partial charge in [-0.3, -0.25) is 9.59 Å². The van der Waals surface area contributed by atoms with E-state index in [0.29, 0.717) is 11.5 Å². The molecule has 0 bridgehead atoms. The monoisotopic (exact) mass is 251 g/mol. The molecule has 0 saturated carbocycles. The number of carbonyl (C=O) groups excluding carboxylic acids is 1. The number of rotatable bonds is 4. The Kier molecular flexibility index (Phi) is 3.36. The van der Waals surface area contributed by atoms with E-state index in [1.165, 1.54) is 11.8 Å². The lowest BCUT2D eigenvalue weighted by Crippen LogP contribution is -2.33. The minimum absolute atomic E-state index is 0.185. The maximum Gasteiger partial charge on any atom is 0.323 e. The summed E-state index contributed by atoms with van der Waals surface area (Å²) in [6.07, 6.45) is 0. The number of hydrogen-bond acceptors (Lipinski definition) is 4. The predicted octanol–water partition coefficient (Wildman–Crippen LogP) is 0.848. The first-order chi connectivity index (χ1) is 8.56. The second-order valence-corrected chi connectivity index (χ2v) is 3.96. The Hall–Kier alpha value is -2.24. The predicted molar refractivity (Wildman–Crippen MR) is 61.3 cm³/mol. The lowest BCUT2D eigenvalue weighted by atomic mass is 10.2. The third-order valence-electron chi connectivity index (χ3n) is 2.58. The van der Waals surface area contributed by atoms with Crippen molar-refractivity contribution in [3.8, 4) is 11.5 Å². The molecule has 96 valence electrons. The maximum absolute atomic E-state index is 11.3. The van der Waals surface area contributed by atoms with Gasteiger partial charge in [0.15, 0.2) is 11.5 Å². The fourth-order valence-electron chi connectivity index (χ4n) is 1.70. The molecule has 2 rings (SSSR count). The average molecular weight is 251 g/mol. The van der Waals surface area contributed by atoms with E-state index in [1.807, 2.05) is 0 Å². The zero-order valence-corrected chi connectivity index (χ0v) is 9.88. The zero-order chi connectivity index (χ0) is 13.1. The Bertz CT molecular complexity index is 485. The van der Waals surface area contributed by atoms with Gasteiger partial charge >= 0.3 is 5.97 Å². The molecule has 6 heteroatoms. The molecule has 1 heterocycles. The molecule has 1 N–H and O–H groups in total. The Morgan fingerprint density at radius 3 is 2.72 bits per heavy atom. The van der Waals surface area contributed by atoms with Gasteiger partial charge in [-0.05, 0) is 17.7 Å². The van der Waals surface area contributed by atoms with Gasteiger partial charge in [-0.25, -0.2) is 0 Å². The number of carbonyl (C=O) groups is 2. The van der Waals surface area contributed by atoms with Gasteiger partial charge < -0.3 is 19.5 Å². The summed E-state index contributed by atoms with van der Waals surface area (Å²) < 4.78 is 10.4. The van der Waals surface area contributed by atoms with Gasteiger partial charge in [0.1, 0.15) is 6.54 Å². The van der Waals surface area contributed by atoms with Crippen LogP contribution in [0.1, 0.15) is 12.5 Å². The molecular formula is C12H13NO5. The second-order valence-electron chi connectivity index (χ2n) is 3.96. The van der Waals surface area contributed by atoms with Crippen molar-refractivity contribution in [2.75, 3.05) is 13.3 Å². The molecule has 0 spiro atoms. The fourth-order valence-corrected chi connectivity index (χ4v) is 1.70. The SMILES string of the molecule is CC(=O)N(CC(=O)O)Cc1ccc2c(c1)OCO2. The van der Waals surface area contributed by atoms with Crippen LogP contribution in [-0.4, -0.2) is 35.2 Å². The van der Waals surface area contributed by atoms with Crippen molar-refractivity contribution in [3.05, 3.63) is 23.8 Å². The van der Waals surface area contributed by atoms with Crippen molar-refractivity contribution in [1.29, 1.82) is 0 Å². The normalized spacial score (nSPS) is 12.3. The quantitative estimate of drug-likeness (QED) is 0.858. The van der Waals surface area contributed by atoms with Crippen LogP contribution in [-0.2, 0) is 16.1 Å². The molecule has 0 saturated heterocycles. The number of amides is 1. The smallest absolute Gasteiger partial charge is 0.323 e. The summed E-state index contributed by atoms with van der Waals surface area (Å²) in [4.78, 5) is 23.2. The molecule has 1 aliphatic heterocycles. The Balaban J connectivity index is 2.11. The standard InChI is InChI=1S/C12H13NO5/c1-8(14)13(6-12(15)16)5-9-2-3-10-11(4-9)18-7-17-10/h2-4H,5-7H2,1H3,(H,15,16). The number of ether oxygens (including phenoxy) is 2. The molecule has 1 aromatic rings. The van der Waals surface area contributed by atoms with E-state index in [1.54, 1.807) is 18.2 Å². The molecule has 18 heavy (non-hydrogen) atoms. The number of benzene rings is 1. The Morgan fingerprint density at radius 2 is 2.06 bits per heavy atom. The van der Waals surface area contributed by atoms with E-state index in [0.717, 1.165) is 5.56 Å². The zero-order valence-electron chi connectivity index (χ0n) is 9.88. The molecule has 1 amide bonds. The summed E-state index contributed by atoms with van der Waals surface area (Å²) in [5.74, 6) is -0.0429. The fraction of sp³-hybridized carbons (Fsp3) is 0.333. The first-order valence-corrected chi connectivity index (χ1v) is 5.42. The van der Waals surface area contributed by atoms with Crippen LogP contribution in [0.3, 0.4) is 0 Å². The molecule has 1 aliphatic rings.